The predicted octanol–water partition coefficient (Wildman–Crippen LogP) is 6.24. The number of piperazine rings is 1. The number of aryl methyl sites for hydroxylation is 3. The van der Waals surface area contributed by atoms with Crippen molar-refractivity contribution in [3.8, 4) is 0 Å². The zero-order chi connectivity index (χ0) is 32.0. The number of rotatable bonds is 10. The van der Waals surface area contributed by atoms with E-state index in [0.29, 0.717) is 18.5 Å². The van der Waals surface area contributed by atoms with Crippen LogP contribution in [0.2, 0.25) is 0 Å². The lowest BCUT2D eigenvalue weighted by Crippen LogP contribution is -2.49. The normalized spacial score (nSPS) is 16.2. The quantitative estimate of drug-likeness (QED) is 0.198. The van der Waals surface area contributed by atoms with Crippen molar-refractivity contribution in [1.82, 2.24) is 29.5 Å². The van der Waals surface area contributed by atoms with E-state index in [9.17, 15) is 4.79 Å². The molecule has 2 aliphatic heterocycles. The van der Waals surface area contributed by atoms with Crippen LogP contribution in [0, 0.1) is 19.8 Å². The Morgan fingerprint density at radius 1 is 0.957 bits per heavy atom. The first-order valence-corrected chi connectivity index (χ1v) is 16.7. The van der Waals surface area contributed by atoms with Gasteiger partial charge in [-0.15, -0.1) is 0 Å². The Hall–Kier alpha value is -4.38. The second-order valence-corrected chi connectivity index (χ2v) is 12.7. The summed E-state index contributed by atoms with van der Waals surface area (Å²) in [7, 11) is 1.90. The molecule has 11 heteroatoms. The number of unbranched alkanes of at least 4 members (excludes halogenated alkanes) is 1. The van der Waals surface area contributed by atoms with Gasteiger partial charge in [0.1, 0.15) is 0 Å². The molecule has 2 aromatic heterocycles. The van der Waals surface area contributed by atoms with Crippen LogP contribution in [0.15, 0.2) is 48.7 Å². The number of carbonyl (C=O) groups excluding carboxylic acids is 1. The molecule has 0 bridgehead atoms. The maximum atomic E-state index is 12.3. The Bertz CT molecular complexity index is 1600. The number of hydrogen-bond donors (Lipinski definition) is 2. The number of aromatic nitrogens is 4. The molecule has 1 amide bonds. The van der Waals surface area contributed by atoms with Crippen LogP contribution in [0.5, 0.6) is 0 Å². The molecule has 0 aliphatic carbocycles. The molecule has 4 heterocycles. The number of ether oxygens (including phenoxy) is 1. The van der Waals surface area contributed by atoms with E-state index in [1.807, 2.05) is 18.1 Å². The van der Waals surface area contributed by atoms with Gasteiger partial charge in [-0.3, -0.25) is 4.90 Å². The van der Waals surface area contributed by atoms with Crippen LogP contribution in [0.1, 0.15) is 43.7 Å². The molecule has 6 rings (SSSR count). The number of hydrogen-bond acceptors (Lipinski definition) is 9. The monoisotopic (exact) mass is 625 g/mol. The minimum Gasteiger partial charge on any atom is -0.449 e. The smallest absolute Gasteiger partial charge is 0.409 e. The summed E-state index contributed by atoms with van der Waals surface area (Å²) in [5, 5.41) is 12.4. The number of nitrogens with zero attached hydrogens (tertiary/aromatic N) is 7. The van der Waals surface area contributed by atoms with Gasteiger partial charge in [0.2, 0.25) is 5.95 Å². The average molecular weight is 626 g/mol. The van der Waals surface area contributed by atoms with Crippen LogP contribution in [-0.4, -0.2) is 88.1 Å². The van der Waals surface area contributed by atoms with Gasteiger partial charge >= 0.3 is 6.09 Å². The third-order valence-electron chi connectivity index (χ3n) is 9.28. The first kappa shape index (κ1) is 31.6. The lowest BCUT2D eigenvalue weighted by Gasteiger charge is -2.39. The summed E-state index contributed by atoms with van der Waals surface area (Å²) in [6, 6.07) is 14.8. The molecule has 2 saturated heterocycles. The molecule has 11 nitrogen and oxygen atoms in total. The Balaban J connectivity index is 0.984. The number of benzene rings is 2. The van der Waals surface area contributed by atoms with Crippen molar-refractivity contribution in [3.05, 3.63) is 59.8 Å². The van der Waals surface area contributed by atoms with Crippen molar-refractivity contribution < 1.29 is 9.53 Å². The predicted molar refractivity (Wildman–Crippen MR) is 184 cm³/mol. The van der Waals surface area contributed by atoms with Crippen LogP contribution in [-0.2, 0) is 11.8 Å². The summed E-state index contributed by atoms with van der Waals surface area (Å²) in [4.78, 5) is 28.6. The molecule has 4 aromatic rings. The van der Waals surface area contributed by atoms with Crippen molar-refractivity contribution >= 4 is 46.0 Å². The van der Waals surface area contributed by atoms with E-state index >= 15 is 0 Å². The van der Waals surface area contributed by atoms with E-state index in [1.54, 1.807) is 4.68 Å². The molecule has 2 N–H and O–H groups in total. The number of piperidine rings is 1. The minimum absolute atomic E-state index is 0.139. The second-order valence-electron chi connectivity index (χ2n) is 12.7. The summed E-state index contributed by atoms with van der Waals surface area (Å²) in [5.41, 5.74) is 6.32. The van der Waals surface area contributed by atoms with Gasteiger partial charge in [0, 0.05) is 76.1 Å². The molecule has 46 heavy (non-hydrogen) atoms. The molecule has 0 spiro atoms. The van der Waals surface area contributed by atoms with Crippen molar-refractivity contribution in [2.24, 2.45) is 13.0 Å². The molecule has 2 fully saturated rings. The number of nitrogens with one attached hydrogen (secondary N) is 2. The maximum Gasteiger partial charge on any atom is 0.409 e. The molecule has 0 unspecified atom stereocenters. The molecule has 0 radical (unpaired) electrons. The lowest BCUT2D eigenvalue weighted by atomic mass is 9.96. The molecule has 244 valence electrons. The highest BCUT2D eigenvalue weighted by atomic mass is 16.6. The van der Waals surface area contributed by atoms with E-state index in [-0.39, 0.29) is 6.09 Å². The molecule has 2 aromatic carbocycles. The van der Waals surface area contributed by atoms with Gasteiger partial charge in [-0.1, -0.05) is 31.5 Å². The first-order chi connectivity index (χ1) is 22.4. The van der Waals surface area contributed by atoms with Crippen molar-refractivity contribution in [2.75, 3.05) is 68.0 Å². The number of carbonyl (C=O) groups is 1. The maximum absolute atomic E-state index is 12.3. The molecule has 2 aliphatic rings. The summed E-state index contributed by atoms with van der Waals surface area (Å²) in [5.74, 6) is 1.93. The van der Waals surface area contributed by atoms with Gasteiger partial charge in [0.15, 0.2) is 11.5 Å². The van der Waals surface area contributed by atoms with Gasteiger partial charge in [-0.2, -0.15) is 10.1 Å². The van der Waals surface area contributed by atoms with Gasteiger partial charge in [0.05, 0.1) is 12.0 Å². The SMILES string of the molecule is CCCCOC(=O)N1CCC(CN2CCN(c3ccc(Nc4ncc5c(Nc6c(C)cccc6C)nn(C)c5n4)cc3)CC2)CC1. The second kappa shape index (κ2) is 14.4. The molecule has 0 atom stereocenters. The Morgan fingerprint density at radius 2 is 1.67 bits per heavy atom. The van der Waals surface area contributed by atoms with Gasteiger partial charge in [-0.25, -0.2) is 14.5 Å². The van der Waals surface area contributed by atoms with Crippen LogP contribution in [0.25, 0.3) is 11.0 Å². The van der Waals surface area contributed by atoms with Crippen molar-refractivity contribution in [1.29, 1.82) is 0 Å². The van der Waals surface area contributed by atoms with Crippen LogP contribution < -0.4 is 15.5 Å². The Labute approximate surface area is 271 Å². The zero-order valence-corrected chi connectivity index (χ0v) is 27.6. The largest absolute Gasteiger partial charge is 0.449 e. The number of para-hydroxylation sites is 1. The van der Waals surface area contributed by atoms with E-state index in [0.717, 1.165) is 99.7 Å². The lowest BCUT2D eigenvalue weighted by molar-refractivity contribution is 0.0807. The minimum atomic E-state index is -0.139. The van der Waals surface area contributed by atoms with Gasteiger partial charge in [0.25, 0.3) is 0 Å². The first-order valence-electron chi connectivity index (χ1n) is 16.7. The summed E-state index contributed by atoms with van der Waals surface area (Å²) in [6.45, 7) is 13.7. The van der Waals surface area contributed by atoms with Gasteiger partial charge in [-0.05, 0) is 74.4 Å². The highest BCUT2D eigenvalue weighted by Crippen LogP contribution is 2.29. The summed E-state index contributed by atoms with van der Waals surface area (Å²) >= 11 is 0. The van der Waals surface area contributed by atoms with Crippen LogP contribution in [0.3, 0.4) is 0 Å². The Kier molecular flexibility index (Phi) is 9.87. The van der Waals surface area contributed by atoms with Gasteiger partial charge < -0.3 is 25.2 Å². The highest BCUT2D eigenvalue weighted by molar-refractivity contribution is 5.90. The number of fused-ring (bicyclic) bond motifs is 1. The van der Waals surface area contributed by atoms with Crippen molar-refractivity contribution in [2.45, 2.75) is 46.5 Å². The van der Waals surface area contributed by atoms with E-state index in [4.69, 9.17) is 9.72 Å². The van der Waals surface area contributed by atoms with E-state index in [1.165, 1.54) is 16.8 Å². The molecular formula is C35H47N9O2. The van der Waals surface area contributed by atoms with E-state index < -0.39 is 0 Å². The number of amides is 1. The standard InChI is InChI=1S/C35H47N9O2/c1-5-6-22-46-35(45)44-16-14-27(15-17-44)24-42-18-20-43(21-19-42)29-12-10-28(11-13-29)37-34-36-23-30-32(40-41(4)33(30)39-34)38-31-25(2)8-7-9-26(31)3/h7-13,23,27H,5-6,14-22,24H2,1-4H3,(H,38,40)(H,36,37,39). The summed E-state index contributed by atoms with van der Waals surface area (Å²) < 4.78 is 7.18. The Morgan fingerprint density at radius 3 is 2.37 bits per heavy atom. The summed E-state index contributed by atoms with van der Waals surface area (Å²) in [6.07, 6.45) is 5.77. The fraction of sp³-hybridized carbons (Fsp3) is 0.486. The average Bonchev–Trinajstić information content (AvgIpc) is 3.38. The fourth-order valence-corrected chi connectivity index (χ4v) is 6.45. The fourth-order valence-electron chi connectivity index (χ4n) is 6.45. The zero-order valence-electron chi connectivity index (χ0n) is 27.6. The molecule has 0 saturated carbocycles. The van der Waals surface area contributed by atoms with E-state index in [2.05, 4.69) is 93.8 Å². The van der Waals surface area contributed by atoms with Crippen LogP contribution >= 0.6 is 0 Å². The highest BCUT2D eigenvalue weighted by Gasteiger charge is 2.26. The van der Waals surface area contributed by atoms with Crippen LogP contribution in [0.4, 0.5) is 33.6 Å². The third-order valence-corrected chi connectivity index (χ3v) is 9.28. The van der Waals surface area contributed by atoms with Crippen molar-refractivity contribution in [3.63, 3.8) is 0 Å². The number of likely N-dealkylation sites (tertiary alicyclic amines) is 1. The third kappa shape index (κ3) is 7.36. The molecular weight excluding hydrogens is 578 g/mol. The topological polar surface area (TPSA) is 104 Å². The number of anilines is 5.